The molecule has 212 valence electrons. The summed E-state index contributed by atoms with van der Waals surface area (Å²) in [5.41, 5.74) is 0. The van der Waals surface area contributed by atoms with Gasteiger partial charge in [-0.05, 0) is 40.0 Å². The fourth-order valence-corrected chi connectivity index (χ4v) is 2.00. The average molecular weight is 513 g/mol. The van der Waals surface area contributed by atoms with Crippen molar-refractivity contribution >= 4 is 12.3 Å². The van der Waals surface area contributed by atoms with Gasteiger partial charge in [-0.15, -0.1) is 0 Å². The first-order chi connectivity index (χ1) is 16.7. The van der Waals surface area contributed by atoms with E-state index in [1.54, 1.807) is 20.8 Å². The summed E-state index contributed by atoms with van der Waals surface area (Å²) in [5.74, 6) is 0. The minimum absolute atomic E-state index is 0.299. The Balaban J connectivity index is -0.000000559. The van der Waals surface area contributed by atoms with Crippen LogP contribution < -0.4 is 0 Å². The lowest BCUT2D eigenvalue weighted by Crippen LogP contribution is -2.26. The van der Waals surface area contributed by atoms with Crippen LogP contribution in [0.5, 0.6) is 0 Å². The molecule has 0 fully saturated rings. The number of carbonyl (C=O) groups excluding carboxylic acids is 2. The molecule has 0 aromatic heterocycles. The number of hydrogen-bond donors (Lipinski definition) is 1. The Morgan fingerprint density at radius 2 is 0.971 bits per heavy atom. The minimum Gasteiger partial charge on any atom is -0.438 e. The predicted molar refractivity (Wildman–Crippen MR) is 135 cm³/mol. The van der Waals surface area contributed by atoms with Crippen LogP contribution in [-0.2, 0) is 33.2 Å². The van der Waals surface area contributed by atoms with Crippen LogP contribution >= 0.6 is 0 Å². The lowest BCUT2D eigenvalue weighted by atomic mass is 10.3. The lowest BCUT2D eigenvalue weighted by Gasteiger charge is -2.16. The second-order valence-corrected chi connectivity index (χ2v) is 7.90. The van der Waals surface area contributed by atoms with E-state index >= 15 is 0 Å². The number of unbranched alkanes of at least 4 members (excludes halogenated alkanes) is 3. The highest BCUT2D eigenvalue weighted by atomic mass is 16.7. The minimum atomic E-state index is -0.664. The normalized spacial score (nSPS) is 12.6. The van der Waals surface area contributed by atoms with Crippen LogP contribution in [0.3, 0.4) is 0 Å². The maximum atomic E-state index is 11.5. The van der Waals surface area contributed by atoms with Gasteiger partial charge in [-0.25, -0.2) is 9.59 Å². The van der Waals surface area contributed by atoms with Crippen LogP contribution in [0.2, 0.25) is 0 Å². The maximum Gasteiger partial charge on any atom is 0.508 e. The molecule has 0 saturated heterocycles. The van der Waals surface area contributed by atoms with Crippen molar-refractivity contribution < 1.29 is 47.9 Å². The molecule has 0 aromatic carbocycles. The van der Waals surface area contributed by atoms with Gasteiger partial charge in [0.25, 0.3) is 0 Å². The van der Waals surface area contributed by atoms with E-state index in [9.17, 15) is 9.59 Å². The van der Waals surface area contributed by atoms with Gasteiger partial charge < -0.3 is 38.3 Å². The Bertz CT molecular complexity index is 418. The molecular weight excluding hydrogens is 460 g/mol. The zero-order valence-corrected chi connectivity index (χ0v) is 23.3. The van der Waals surface area contributed by atoms with Crippen molar-refractivity contribution in [3.05, 3.63) is 0 Å². The smallest absolute Gasteiger partial charge is 0.438 e. The first-order valence-corrected chi connectivity index (χ1v) is 12.6. The van der Waals surface area contributed by atoms with Crippen molar-refractivity contribution in [3.8, 4) is 0 Å². The van der Waals surface area contributed by atoms with Crippen LogP contribution in [0, 0.1) is 0 Å². The van der Waals surface area contributed by atoms with Gasteiger partial charge in [0.1, 0.15) is 12.2 Å². The second kappa shape index (κ2) is 30.4. The SMILES string of the molecule is CCCCOCC(C)O.CCCCOCC(C)OC(=O)OC(C)COCCCC.COC(=O)OC. The summed E-state index contributed by atoms with van der Waals surface area (Å²) in [5, 5.41) is 8.73. The van der Waals surface area contributed by atoms with Gasteiger partial charge >= 0.3 is 12.3 Å². The highest BCUT2D eigenvalue weighted by Gasteiger charge is 2.14. The molecule has 0 rings (SSSR count). The first-order valence-electron chi connectivity index (χ1n) is 12.6. The third-order valence-corrected chi connectivity index (χ3v) is 3.92. The zero-order chi connectivity index (χ0) is 27.3. The van der Waals surface area contributed by atoms with Gasteiger partial charge in [-0.1, -0.05) is 40.0 Å². The summed E-state index contributed by atoms with van der Waals surface area (Å²) in [6, 6.07) is 0. The molecule has 0 heterocycles. The summed E-state index contributed by atoms with van der Waals surface area (Å²) in [6.45, 7) is 15.1. The number of rotatable bonds is 17. The van der Waals surface area contributed by atoms with E-state index in [0.29, 0.717) is 33.0 Å². The van der Waals surface area contributed by atoms with Gasteiger partial charge in [0.2, 0.25) is 0 Å². The van der Waals surface area contributed by atoms with E-state index in [1.807, 2.05) is 0 Å². The van der Waals surface area contributed by atoms with Crippen molar-refractivity contribution in [2.24, 2.45) is 0 Å². The average Bonchev–Trinajstić information content (AvgIpc) is 2.82. The highest BCUT2D eigenvalue weighted by molar-refractivity contribution is 5.60. The summed E-state index contributed by atoms with van der Waals surface area (Å²) in [7, 11) is 2.51. The predicted octanol–water partition coefficient (Wildman–Crippen LogP) is 5.13. The van der Waals surface area contributed by atoms with E-state index in [2.05, 4.69) is 30.2 Å². The third-order valence-electron chi connectivity index (χ3n) is 3.92. The quantitative estimate of drug-likeness (QED) is 0.207. The van der Waals surface area contributed by atoms with E-state index < -0.39 is 12.3 Å². The molecule has 0 aliphatic carbocycles. The van der Waals surface area contributed by atoms with Gasteiger partial charge in [0.05, 0.1) is 40.1 Å². The number of aliphatic hydroxyl groups excluding tert-OH is 1. The lowest BCUT2D eigenvalue weighted by molar-refractivity contribution is -0.0393. The Morgan fingerprint density at radius 1 is 0.629 bits per heavy atom. The fourth-order valence-electron chi connectivity index (χ4n) is 2.00. The Morgan fingerprint density at radius 3 is 1.23 bits per heavy atom. The van der Waals surface area contributed by atoms with Gasteiger partial charge in [-0.2, -0.15) is 0 Å². The van der Waals surface area contributed by atoms with Crippen LogP contribution in [0.25, 0.3) is 0 Å². The molecule has 3 atom stereocenters. The number of hydrogen-bond acceptors (Lipinski definition) is 10. The van der Waals surface area contributed by atoms with Crippen LogP contribution in [-0.4, -0.2) is 89.6 Å². The molecule has 0 bridgehead atoms. The third kappa shape index (κ3) is 37.1. The molecule has 0 saturated carbocycles. The second-order valence-electron chi connectivity index (χ2n) is 7.90. The van der Waals surface area contributed by atoms with E-state index in [1.165, 1.54) is 14.2 Å². The monoisotopic (exact) mass is 512 g/mol. The zero-order valence-electron chi connectivity index (χ0n) is 23.3. The molecule has 3 unspecified atom stereocenters. The maximum absolute atomic E-state index is 11.5. The molecule has 0 amide bonds. The van der Waals surface area contributed by atoms with E-state index in [4.69, 9.17) is 28.8 Å². The van der Waals surface area contributed by atoms with Crippen molar-refractivity contribution in [3.63, 3.8) is 0 Å². The van der Waals surface area contributed by atoms with Crippen molar-refractivity contribution in [2.75, 3.05) is 53.9 Å². The standard InChI is InChI=1S/C15H30O5.C7H16O2.C3H6O3/c1-5-7-9-17-11-13(3)19-15(16)20-14(4)12-18-10-8-6-2;1-3-4-5-9-6-7(2)8;1-5-3(4)6-2/h13-14H,5-12H2,1-4H3;7-8H,3-6H2,1-2H3;1-2H3. The molecule has 10 heteroatoms. The molecule has 0 aliphatic rings. The summed E-state index contributed by atoms with van der Waals surface area (Å²) in [6.07, 6.45) is 4.22. The Kier molecular flexibility index (Phi) is 32.9. The Hall–Kier alpha value is -1.62. The first kappa shape index (κ1) is 37.9. The molecule has 35 heavy (non-hydrogen) atoms. The van der Waals surface area contributed by atoms with E-state index in [-0.39, 0.29) is 18.3 Å². The van der Waals surface area contributed by atoms with Gasteiger partial charge in [0, 0.05) is 19.8 Å². The molecular formula is C25H52O10. The van der Waals surface area contributed by atoms with Crippen molar-refractivity contribution in [2.45, 2.75) is 98.4 Å². The number of ether oxygens (including phenoxy) is 7. The largest absolute Gasteiger partial charge is 0.508 e. The summed E-state index contributed by atoms with van der Waals surface area (Å²) < 4.78 is 34.1. The van der Waals surface area contributed by atoms with E-state index in [0.717, 1.165) is 45.1 Å². The molecule has 0 aromatic rings. The molecule has 10 nitrogen and oxygen atoms in total. The van der Waals surface area contributed by atoms with Crippen LogP contribution in [0.1, 0.15) is 80.1 Å². The van der Waals surface area contributed by atoms with Crippen LogP contribution in [0.4, 0.5) is 9.59 Å². The van der Waals surface area contributed by atoms with Gasteiger partial charge in [-0.3, -0.25) is 0 Å². The topological polar surface area (TPSA) is 119 Å². The fraction of sp³-hybridized carbons (Fsp3) is 0.920. The molecule has 0 radical (unpaired) electrons. The number of carbonyl (C=O) groups is 2. The highest BCUT2D eigenvalue weighted by Crippen LogP contribution is 2.01. The Labute approximate surface area is 212 Å². The van der Waals surface area contributed by atoms with Crippen molar-refractivity contribution in [1.82, 2.24) is 0 Å². The molecule has 0 aliphatic heterocycles. The van der Waals surface area contributed by atoms with Crippen LogP contribution in [0.15, 0.2) is 0 Å². The number of methoxy groups -OCH3 is 2. The summed E-state index contributed by atoms with van der Waals surface area (Å²) in [4.78, 5) is 21.2. The molecule has 1 N–H and O–H groups in total. The molecule has 0 spiro atoms. The number of aliphatic hydroxyl groups is 1. The summed E-state index contributed by atoms with van der Waals surface area (Å²) >= 11 is 0. The van der Waals surface area contributed by atoms with Crippen molar-refractivity contribution in [1.29, 1.82) is 0 Å². The van der Waals surface area contributed by atoms with Gasteiger partial charge in [0.15, 0.2) is 0 Å².